The number of rotatable bonds is 6. The standard InChI is InChI=1S/C24H27FN4O2/c1-17-22(23(27-31-17)20-6-8-21(25)9-7-20)24(30)26-15-18-4-3-5-19(14-18)16-29-12-10-28(2)11-13-29/h3-9,14H,10-13,15-16H2,1-2H3,(H,26,30). The van der Waals surface area contributed by atoms with E-state index >= 15 is 0 Å². The van der Waals surface area contributed by atoms with Crippen LogP contribution in [0.5, 0.6) is 0 Å². The van der Waals surface area contributed by atoms with Gasteiger partial charge in [-0.1, -0.05) is 29.4 Å². The predicted molar refractivity (Wildman–Crippen MR) is 117 cm³/mol. The number of likely N-dealkylation sites (N-methyl/N-ethyl adjacent to an activating group) is 1. The largest absolute Gasteiger partial charge is 0.360 e. The van der Waals surface area contributed by atoms with Crippen LogP contribution in [0.2, 0.25) is 0 Å². The Bertz CT molecular complexity index is 1040. The number of aryl methyl sites for hydroxylation is 1. The highest BCUT2D eigenvalue weighted by molar-refractivity contribution is 6.00. The Hall–Kier alpha value is -3.03. The first-order valence-corrected chi connectivity index (χ1v) is 10.5. The minimum atomic E-state index is -0.341. The number of benzene rings is 2. The molecule has 0 spiro atoms. The summed E-state index contributed by atoms with van der Waals surface area (Å²) in [4.78, 5) is 17.7. The van der Waals surface area contributed by atoms with E-state index in [2.05, 4.69) is 39.5 Å². The molecule has 0 atom stereocenters. The Kier molecular flexibility index (Phi) is 6.44. The molecule has 1 fully saturated rings. The number of hydrogen-bond donors (Lipinski definition) is 1. The van der Waals surface area contributed by atoms with Crippen molar-refractivity contribution in [2.45, 2.75) is 20.0 Å². The topological polar surface area (TPSA) is 61.6 Å². The third-order valence-corrected chi connectivity index (χ3v) is 5.65. The Morgan fingerprint density at radius 1 is 1.10 bits per heavy atom. The highest BCUT2D eigenvalue weighted by Gasteiger charge is 2.21. The van der Waals surface area contributed by atoms with Crippen LogP contribution in [0.25, 0.3) is 11.3 Å². The Balaban J connectivity index is 1.41. The lowest BCUT2D eigenvalue weighted by atomic mass is 10.1. The molecule has 2 aromatic carbocycles. The van der Waals surface area contributed by atoms with Gasteiger partial charge in [0.05, 0.1) is 0 Å². The third-order valence-electron chi connectivity index (χ3n) is 5.65. The lowest BCUT2D eigenvalue weighted by Gasteiger charge is -2.32. The van der Waals surface area contributed by atoms with Gasteiger partial charge >= 0.3 is 0 Å². The van der Waals surface area contributed by atoms with E-state index in [0.717, 1.165) is 38.3 Å². The third kappa shape index (κ3) is 5.18. The van der Waals surface area contributed by atoms with Gasteiger partial charge in [-0.3, -0.25) is 9.69 Å². The lowest BCUT2D eigenvalue weighted by Crippen LogP contribution is -2.43. The average molecular weight is 423 g/mol. The highest BCUT2D eigenvalue weighted by Crippen LogP contribution is 2.25. The van der Waals surface area contributed by atoms with Crippen LogP contribution in [0.4, 0.5) is 4.39 Å². The summed E-state index contributed by atoms with van der Waals surface area (Å²) >= 11 is 0. The molecule has 6 nitrogen and oxygen atoms in total. The van der Waals surface area contributed by atoms with Crippen molar-refractivity contribution < 1.29 is 13.7 Å². The minimum absolute atomic E-state index is 0.262. The van der Waals surface area contributed by atoms with Crippen LogP contribution in [0.15, 0.2) is 53.1 Å². The second kappa shape index (κ2) is 9.41. The average Bonchev–Trinajstić information content (AvgIpc) is 3.16. The van der Waals surface area contributed by atoms with E-state index in [9.17, 15) is 9.18 Å². The number of hydrogen-bond acceptors (Lipinski definition) is 5. The van der Waals surface area contributed by atoms with Gasteiger partial charge in [0.25, 0.3) is 5.91 Å². The lowest BCUT2D eigenvalue weighted by molar-refractivity contribution is 0.0950. The van der Waals surface area contributed by atoms with E-state index < -0.39 is 0 Å². The van der Waals surface area contributed by atoms with Crippen molar-refractivity contribution in [1.82, 2.24) is 20.3 Å². The van der Waals surface area contributed by atoms with Crippen molar-refractivity contribution in [2.75, 3.05) is 33.2 Å². The molecule has 0 bridgehead atoms. The number of halogens is 1. The molecule has 4 rings (SSSR count). The van der Waals surface area contributed by atoms with Gasteiger partial charge in [-0.2, -0.15) is 0 Å². The molecule has 0 unspecified atom stereocenters. The van der Waals surface area contributed by atoms with Gasteiger partial charge in [0.1, 0.15) is 22.8 Å². The molecule has 162 valence electrons. The molecule has 7 heteroatoms. The summed E-state index contributed by atoms with van der Waals surface area (Å²) < 4.78 is 18.5. The van der Waals surface area contributed by atoms with Crippen LogP contribution in [-0.2, 0) is 13.1 Å². The number of piperazine rings is 1. The molecule has 0 radical (unpaired) electrons. The summed E-state index contributed by atoms with van der Waals surface area (Å²) in [5.41, 5.74) is 3.71. The van der Waals surface area contributed by atoms with Crippen molar-refractivity contribution in [1.29, 1.82) is 0 Å². The summed E-state index contributed by atoms with van der Waals surface area (Å²) in [6, 6.07) is 14.2. The Morgan fingerprint density at radius 3 is 2.55 bits per heavy atom. The van der Waals surface area contributed by atoms with Crippen LogP contribution < -0.4 is 5.32 Å². The van der Waals surface area contributed by atoms with Crippen molar-refractivity contribution in [3.63, 3.8) is 0 Å². The number of carbonyl (C=O) groups excluding carboxylic acids is 1. The maximum Gasteiger partial charge on any atom is 0.257 e. The van der Waals surface area contributed by atoms with Gasteiger partial charge in [0, 0.05) is 44.8 Å². The summed E-state index contributed by atoms with van der Waals surface area (Å²) in [5, 5.41) is 6.98. The fourth-order valence-electron chi connectivity index (χ4n) is 3.82. The number of nitrogens with one attached hydrogen (secondary N) is 1. The molecule has 3 aromatic rings. The van der Waals surface area contributed by atoms with Crippen molar-refractivity contribution in [2.24, 2.45) is 0 Å². The molecule has 1 saturated heterocycles. The monoisotopic (exact) mass is 422 g/mol. The number of nitrogens with zero attached hydrogens (tertiary/aromatic N) is 3. The van der Waals surface area contributed by atoms with Crippen molar-refractivity contribution in [3.05, 3.63) is 76.8 Å². The van der Waals surface area contributed by atoms with Gasteiger partial charge < -0.3 is 14.7 Å². The molecule has 31 heavy (non-hydrogen) atoms. The zero-order chi connectivity index (χ0) is 21.8. The molecule has 2 heterocycles. The first-order valence-electron chi connectivity index (χ1n) is 10.5. The molecule has 1 N–H and O–H groups in total. The quantitative estimate of drug-likeness (QED) is 0.659. The second-order valence-corrected chi connectivity index (χ2v) is 8.05. The zero-order valence-electron chi connectivity index (χ0n) is 17.9. The van der Waals surface area contributed by atoms with Gasteiger partial charge in [-0.25, -0.2) is 4.39 Å². The van der Waals surface area contributed by atoms with Crippen LogP contribution in [0.1, 0.15) is 27.2 Å². The molecule has 0 saturated carbocycles. The molecular weight excluding hydrogens is 395 g/mol. The number of carbonyl (C=O) groups is 1. The highest BCUT2D eigenvalue weighted by atomic mass is 19.1. The summed E-state index contributed by atoms with van der Waals surface area (Å²) in [5.74, 6) is -0.172. The minimum Gasteiger partial charge on any atom is -0.360 e. The SMILES string of the molecule is Cc1onc(-c2ccc(F)cc2)c1C(=O)NCc1cccc(CN2CCN(C)CC2)c1. The number of aromatic nitrogens is 1. The summed E-state index contributed by atoms with van der Waals surface area (Å²) in [6.07, 6.45) is 0. The van der Waals surface area contributed by atoms with Crippen molar-refractivity contribution >= 4 is 5.91 Å². The fraction of sp³-hybridized carbons (Fsp3) is 0.333. The van der Waals surface area contributed by atoms with Crippen molar-refractivity contribution in [3.8, 4) is 11.3 Å². The first-order chi connectivity index (χ1) is 15.0. The maximum atomic E-state index is 13.2. The second-order valence-electron chi connectivity index (χ2n) is 8.05. The van der Waals surface area contributed by atoms with E-state index in [4.69, 9.17) is 4.52 Å². The molecule has 1 aliphatic heterocycles. The van der Waals surface area contributed by atoms with Gasteiger partial charge in [0.2, 0.25) is 0 Å². The van der Waals surface area contributed by atoms with Gasteiger partial charge in [-0.15, -0.1) is 0 Å². The van der Waals surface area contributed by atoms with E-state index in [1.54, 1.807) is 19.1 Å². The number of amides is 1. The fourth-order valence-corrected chi connectivity index (χ4v) is 3.82. The molecule has 1 aromatic heterocycles. The smallest absolute Gasteiger partial charge is 0.257 e. The summed E-state index contributed by atoms with van der Waals surface area (Å²) in [7, 11) is 2.15. The van der Waals surface area contributed by atoms with Crippen LogP contribution in [0, 0.1) is 12.7 Å². The normalized spacial score (nSPS) is 15.2. The van der Waals surface area contributed by atoms with E-state index in [1.165, 1.54) is 17.7 Å². The molecule has 0 aliphatic carbocycles. The van der Waals surface area contributed by atoms with E-state index in [0.29, 0.717) is 29.1 Å². The molecule has 1 aliphatic rings. The zero-order valence-corrected chi connectivity index (χ0v) is 17.9. The van der Waals surface area contributed by atoms with Crippen LogP contribution in [0.3, 0.4) is 0 Å². The summed E-state index contributed by atoms with van der Waals surface area (Å²) in [6.45, 7) is 7.32. The molecule has 1 amide bonds. The molecular formula is C24H27FN4O2. The Morgan fingerprint density at radius 2 is 1.81 bits per heavy atom. The Labute approximate surface area is 181 Å². The van der Waals surface area contributed by atoms with Gasteiger partial charge in [-0.05, 0) is 49.4 Å². The van der Waals surface area contributed by atoms with Crippen LogP contribution >= 0.6 is 0 Å². The maximum absolute atomic E-state index is 13.2. The van der Waals surface area contributed by atoms with E-state index in [-0.39, 0.29) is 11.7 Å². The van der Waals surface area contributed by atoms with Gasteiger partial charge in [0.15, 0.2) is 0 Å². The predicted octanol–water partition coefficient (Wildman–Crippen LogP) is 3.47. The first kappa shape index (κ1) is 21.2. The van der Waals surface area contributed by atoms with E-state index in [1.807, 2.05) is 12.1 Å². The van der Waals surface area contributed by atoms with Crippen LogP contribution in [-0.4, -0.2) is 54.1 Å².